The maximum atomic E-state index is 13.9. The minimum absolute atomic E-state index is 0.0824. The van der Waals surface area contributed by atoms with Crippen molar-refractivity contribution in [1.29, 1.82) is 0 Å². The number of anilines is 2. The van der Waals surface area contributed by atoms with Crippen molar-refractivity contribution < 1.29 is 14.3 Å². The van der Waals surface area contributed by atoms with Crippen LogP contribution < -0.4 is 5.32 Å². The highest BCUT2D eigenvalue weighted by molar-refractivity contribution is 5.88. The van der Waals surface area contributed by atoms with Crippen molar-refractivity contribution in [3.05, 3.63) is 47.2 Å². The molecule has 102 valence electrons. The Kier molecular flexibility index (Phi) is 3.06. The molecule has 1 aliphatic rings. The van der Waals surface area contributed by atoms with E-state index < -0.39 is 11.8 Å². The molecule has 0 unspecified atom stereocenters. The van der Waals surface area contributed by atoms with Gasteiger partial charge in [0.25, 0.3) is 0 Å². The third-order valence-corrected chi connectivity index (χ3v) is 3.34. The number of carboxylic acids is 1. The first-order valence-electron chi connectivity index (χ1n) is 6.28. The normalized spacial score (nSPS) is 13.1. The minimum Gasteiger partial charge on any atom is -0.478 e. The number of nitrogens with one attached hydrogen (secondary N) is 1. The second kappa shape index (κ2) is 4.88. The lowest BCUT2D eigenvalue weighted by molar-refractivity contribution is 0.0696. The van der Waals surface area contributed by atoms with Gasteiger partial charge in [-0.2, -0.15) is 0 Å². The van der Waals surface area contributed by atoms with Gasteiger partial charge in [-0.1, -0.05) is 0 Å². The first-order valence-corrected chi connectivity index (χ1v) is 6.28. The minimum atomic E-state index is -1.15. The van der Waals surface area contributed by atoms with Gasteiger partial charge >= 0.3 is 5.97 Å². The number of fused-ring (bicyclic) bond motifs is 1. The lowest BCUT2D eigenvalue weighted by atomic mass is 10.2. The smallest absolute Gasteiger partial charge is 0.335 e. The van der Waals surface area contributed by atoms with E-state index in [4.69, 9.17) is 5.11 Å². The van der Waals surface area contributed by atoms with Crippen LogP contribution in [0.1, 0.15) is 28.0 Å². The number of carboxylic acid groups (broad SMARTS) is 1. The Bertz CT molecular complexity index is 688. The summed E-state index contributed by atoms with van der Waals surface area (Å²) >= 11 is 0. The average molecular weight is 273 g/mol. The van der Waals surface area contributed by atoms with Crippen LogP contribution in [-0.4, -0.2) is 21.0 Å². The molecule has 3 rings (SSSR count). The number of hydrogen-bond donors (Lipinski definition) is 2. The van der Waals surface area contributed by atoms with E-state index in [2.05, 4.69) is 15.3 Å². The van der Waals surface area contributed by atoms with Crippen molar-refractivity contribution in [3.8, 4) is 0 Å². The van der Waals surface area contributed by atoms with Crippen LogP contribution >= 0.6 is 0 Å². The highest BCUT2D eigenvalue weighted by atomic mass is 19.1. The number of benzene rings is 1. The fraction of sp³-hybridized carbons (Fsp3) is 0.214. The van der Waals surface area contributed by atoms with Gasteiger partial charge in [0, 0.05) is 11.3 Å². The summed E-state index contributed by atoms with van der Waals surface area (Å²) in [5.74, 6) is -1.18. The van der Waals surface area contributed by atoms with Crippen molar-refractivity contribution >= 4 is 17.5 Å². The molecule has 0 saturated heterocycles. The van der Waals surface area contributed by atoms with E-state index in [0.717, 1.165) is 36.6 Å². The summed E-state index contributed by atoms with van der Waals surface area (Å²) in [7, 11) is 0. The summed E-state index contributed by atoms with van der Waals surface area (Å²) in [5.41, 5.74) is 2.13. The maximum absolute atomic E-state index is 13.9. The predicted octanol–water partition coefficient (Wildman–Crippen LogP) is 2.55. The molecule has 6 heteroatoms. The topological polar surface area (TPSA) is 75.1 Å². The third kappa shape index (κ3) is 2.20. The van der Waals surface area contributed by atoms with Crippen LogP contribution in [0, 0.1) is 5.82 Å². The van der Waals surface area contributed by atoms with Gasteiger partial charge in [0.1, 0.15) is 18.0 Å². The Hall–Kier alpha value is -2.50. The number of hydrogen-bond acceptors (Lipinski definition) is 4. The van der Waals surface area contributed by atoms with Crippen LogP contribution in [-0.2, 0) is 12.8 Å². The monoisotopic (exact) mass is 273 g/mol. The van der Waals surface area contributed by atoms with Gasteiger partial charge < -0.3 is 10.4 Å². The number of halogens is 1. The summed E-state index contributed by atoms with van der Waals surface area (Å²) in [6, 6.07) is 3.75. The quantitative estimate of drug-likeness (QED) is 0.898. The number of aryl methyl sites for hydroxylation is 1. The summed E-state index contributed by atoms with van der Waals surface area (Å²) in [4.78, 5) is 19.1. The van der Waals surface area contributed by atoms with Crippen LogP contribution in [0.5, 0.6) is 0 Å². The first-order chi connectivity index (χ1) is 9.65. The molecule has 0 saturated carbocycles. The van der Waals surface area contributed by atoms with Crippen molar-refractivity contribution in [3.63, 3.8) is 0 Å². The lowest BCUT2D eigenvalue weighted by Gasteiger charge is -2.10. The second-order valence-corrected chi connectivity index (χ2v) is 4.63. The number of aromatic nitrogens is 2. The van der Waals surface area contributed by atoms with E-state index in [9.17, 15) is 9.18 Å². The van der Waals surface area contributed by atoms with Gasteiger partial charge in [0.05, 0.1) is 11.3 Å². The Morgan fingerprint density at radius 1 is 1.30 bits per heavy atom. The van der Waals surface area contributed by atoms with E-state index in [-0.39, 0.29) is 11.3 Å². The number of rotatable bonds is 3. The van der Waals surface area contributed by atoms with Gasteiger partial charge in [-0.25, -0.2) is 19.2 Å². The van der Waals surface area contributed by atoms with Crippen molar-refractivity contribution in [2.24, 2.45) is 0 Å². The molecule has 20 heavy (non-hydrogen) atoms. The number of carbonyl (C=O) groups is 1. The van der Waals surface area contributed by atoms with Crippen LogP contribution in [0.2, 0.25) is 0 Å². The Balaban J connectivity index is 1.92. The van der Waals surface area contributed by atoms with Crippen LogP contribution in [0.25, 0.3) is 0 Å². The largest absolute Gasteiger partial charge is 0.478 e. The standard InChI is InChI=1S/C14H12FN3O2/c15-10-6-8(14(19)20)4-5-12(10)18-13-9-2-1-3-11(9)16-7-17-13/h4-7H,1-3H2,(H,19,20)(H,16,17,18). The summed E-state index contributed by atoms with van der Waals surface area (Å²) in [6.07, 6.45) is 4.25. The molecule has 2 aromatic rings. The van der Waals surface area contributed by atoms with Gasteiger partial charge in [-0.05, 0) is 37.5 Å². The van der Waals surface area contributed by atoms with Crippen molar-refractivity contribution in [2.75, 3.05) is 5.32 Å². The third-order valence-electron chi connectivity index (χ3n) is 3.34. The summed E-state index contributed by atoms with van der Waals surface area (Å²) < 4.78 is 13.9. The molecule has 1 heterocycles. The fourth-order valence-corrected chi connectivity index (χ4v) is 2.34. The Morgan fingerprint density at radius 2 is 2.15 bits per heavy atom. The van der Waals surface area contributed by atoms with E-state index in [1.165, 1.54) is 18.5 Å². The molecule has 2 N–H and O–H groups in total. The highest BCUT2D eigenvalue weighted by Gasteiger charge is 2.18. The molecule has 0 amide bonds. The molecular formula is C14H12FN3O2. The van der Waals surface area contributed by atoms with Gasteiger partial charge in [0.15, 0.2) is 0 Å². The van der Waals surface area contributed by atoms with Crippen LogP contribution in [0.3, 0.4) is 0 Å². The highest BCUT2D eigenvalue weighted by Crippen LogP contribution is 2.28. The van der Waals surface area contributed by atoms with Crippen molar-refractivity contribution in [2.45, 2.75) is 19.3 Å². The van der Waals surface area contributed by atoms with E-state index in [1.807, 2.05) is 0 Å². The molecule has 0 atom stereocenters. The number of aromatic carboxylic acids is 1. The van der Waals surface area contributed by atoms with Crippen molar-refractivity contribution in [1.82, 2.24) is 9.97 Å². The number of nitrogens with zero attached hydrogens (tertiary/aromatic N) is 2. The SMILES string of the molecule is O=C(O)c1ccc(Nc2ncnc3c2CCC3)c(F)c1. The Morgan fingerprint density at radius 3 is 2.90 bits per heavy atom. The van der Waals surface area contributed by atoms with Crippen LogP contribution in [0.4, 0.5) is 15.9 Å². The Labute approximate surface area is 114 Å². The van der Waals surface area contributed by atoms with E-state index >= 15 is 0 Å². The zero-order valence-electron chi connectivity index (χ0n) is 10.6. The predicted molar refractivity (Wildman–Crippen MR) is 70.7 cm³/mol. The molecule has 1 aromatic carbocycles. The summed E-state index contributed by atoms with van der Waals surface area (Å²) in [6.45, 7) is 0. The summed E-state index contributed by atoms with van der Waals surface area (Å²) in [5, 5.41) is 11.7. The lowest BCUT2D eigenvalue weighted by Crippen LogP contribution is -2.03. The van der Waals surface area contributed by atoms with Crippen LogP contribution in [0.15, 0.2) is 24.5 Å². The molecule has 0 spiro atoms. The fourth-order valence-electron chi connectivity index (χ4n) is 2.34. The molecule has 0 radical (unpaired) electrons. The molecule has 5 nitrogen and oxygen atoms in total. The molecule has 0 aliphatic heterocycles. The molecule has 1 aliphatic carbocycles. The zero-order valence-corrected chi connectivity index (χ0v) is 10.6. The van der Waals surface area contributed by atoms with Gasteiger partial charge in [0.2, 0.25) is 0 Å². The van der Waals surface area contributed by atoms with Gasteiger partial charge in [-0.3, -0.25) is 0 Å². The second-order valence-electron chi connectivity index (χ2n) is 4.63. The van der Waals surface area contributed by atoms with E-state index in [1.54, 1.807) is 0 Å². The average Bonchev–Trinajstić information content (AvgIpc) is 2.90. The maximum Gasteiger partial charge on any atom is 0.335 e. The zero-order chi connectivity index (χ0) is 14.1. The molecule has 0 bridgehead atoms. The molecule has 1 aromatic heterocycles. The van der Waals surface area contributed by atoms with E-state index in [0.29, 0.717) is 5.82 Å². The van der Waals surface area contributed by atoms with Gasteiger partial charge in [-0.15, -0.1) is 0 Å². The first kappa shape index (κ1) is 12.5. The molecular weight excluding hydrogens is 261 g/mol. The molecule has 0 fully saturated rings.